The van der Waals surface area contributed by atoms with E-state index in [0.717, 1.165) is 43.6 Å². The Morgan fingerprint density at radius 3 is 2.60 bits per heavy atom. The molecule has 132 valence electrons. The number of carbonyl (C=O) groups is 2. The molecule has 1 saturated heterocycles. The molecule has 0 spiro atoms. The molecule has 3 atom stereocenters. The summed E-state index contributed by atoms with van der Waals surface area (Å²) in [6, 6.07) is 6.68. The van der Waals surface area contributed by atoms with Gasteiger partial charge >= 0.3 is 5.97 Å². The third kappa shape index (κ3) is 2.79. The Morgan fingerprint density at radius 2 is 1.96 bits per heavy atom. The number of nitrogens with zero attached hydrogens (tertiary/aromatic N) is 3. The van der Waals surface area contributed by atoms with Crippen molar-refractivity contribution in [1.29, 1.82) is 0 Å². The first-order valence-corrected chi connectivity index (χ1v) is 9.00. The molecule has 3 aliphatic rings. The summed E-state index contributed by atoms with van der Waals surface area (Å²) in [6.45, 7) is 3.43. The Labute approximate surface area is 147 Å². The third-order valence-electron chi connectivity index (χ3n) is 5.79. The number of carboxylic acids is 1. The number of hydrogen-bond donors (Lipinski definition) is 1. The van der Waals surface area contributed by atoms with Gasteiger partial charge < -0.3 is 10.0 Å². The average Bonchev–Trinajstić information content (AvgIpc) is 3.29. The fourth-order valence-electron chi connectivity index (χ4n) is 4.53. The van der Waals surface area contributed by atoms with Crippen molar-refractivity contribution in [3.63, 3.8) is 0 Å². The third-order valence-corrected chi connectivity index (χ3v) is 5.79. The molecule has 2 fully saturated rings. The smallest absolute Gasteiger partial charge is 0.326 e. The van der Waals surface area contributed by atoms with Crippen LogP contribution in [-0.2, 0) is 4.79 Å². The topological polar surface area (TPSA) is 73.2 Å². The van der Waals surface area contributed by atoms with Crippen molar-refractivity contribution in [1.82, 2.24) is 4.90 Å². The van der Waals surface area contributed by atoms with Crippen molar-refractivity contribution in [3.05, 3.63) is 29.8 Å². The van der Waals surface area contributed by atoms with Crippen molar-refractivity contribution in [2.75, 3.05) is 18.1 Å². The Hall–Kier alpha value is -2.37. The van der Waals surface area contributed by atoms with Crippen LogP contribution in [-0.4, -0.2) is 46.7 Å². The highest BCUT2D eigenvalue weighted by Crippen LogP contribution is 2.42. The Morgan fingerprint density at radius 1 is 1.20 bits per heavy atom. The number of aliphatic carboxylic acids is 1. The van der Waals surface area contributed by atoms with E-state index in [1.54, 1.807) is 17.0 Å². The molecule has 6 heteroatoms. The molecule has 2 heterocycles. The van der Waals surface area contributed by atoms with E-state index >= 15 is 0 Å². The molecule has 1 N–H and O–H groups in total. The maximum Gasteiger partial charge on any atom is 0.326 e. The van der Waals surface area contributed by atoms with E-state index in [4.69, 9.17) is 0 Å². The van der Waals surface area contributed by atoms with Gasteiger partial charge in [0.1, 0.15) is 6.04 Å². The number of hydrogen-bond acceptors (Lipinski definition) is 4. The van der Waals surface area contributed by atoms with Gasteiger partial charge in [-0.1, -0.05) is 6.42 Å². The first-order valence-electron chi connectivity index (χ1n) is 9.00. The quantitative estimate of drug-likeness (QED) is 0.917. The molecule has 25 heavy (non-hydrogen) atoms. The summed E-state index contributed by atoms with van der Waals surface area (Å²) in [5.74, 6) is -0.593. The summed E-state index contributed by atoms with van der Waals surface area (Å²) in [4.78, 5) is 26.2. The minimum Gasteiger partial charge on any atom is -0.480 e. The van der Waals surface area contributed by atoms with Crippen LogP contribution in [0, 0.1) is 11.8 Å². The molecule has 1 saturated carbocycles. The van der Waals surface area contributed by atoms with Crippen LogP contribution in [0.1, 0.15) is 43.0 Å². The van der Waals surface area contributed by atoms with Gasteiger partial charge in [-0.2, -0.15) is 5.10 Å². The van der Waals surface area contributed by atoms with Crippen LogP contribution in [0.4, 0.5) is 5.69 Å². The molecule has 0 bridgehead atoms. The first kappa shape index (κ1) is 16.1. The maximum absolute atomic E-state index is 12.9. The highest BCUT2D eigenvalue weighted by Gasteiger charge is 2.49. The molecule has 1 aliphatic carbocycles. The van der Waals surface area contributed by atoms with E-state index in [-0.39, 0.29) is 11.8 Å². The number of benzene rings is 1. The second kappa shape index (κ2) is 6.17. The van der Waals surface area contributed by atoms with Crippen molar-refractivity contribution < 1.29 is 14.7 Å². The number of likely N-dealkylation sites (tertiary alicyclic amines) is 1. The van der Waals surface area contributed by atoms with Crippen molar-refractivity contribution in [2.24, 2.45) is 16.9 Å². The molecular formula is C19H23N3O3. The summed E-state index contributed by atoms with van der Waals surface area (Å²) in [7, 11) is 0. The monoisotopic (exact) mass is 341 g/mol. The second-order valence-corrected chi connectivity index (χ2v) is 7.35. The Bertz CT molecular complexity index is 728. The lowest BCUT2D eigenvalue weighted by molar-refractivity contribution is -0.142. The van der Waals surface area contributed by atoms with Gasteiger partial charge in [0.2, 0.25) is 0 Å². The fourth-order valence-corrected chi connectivity index (χ4v) is 4.53. The molecule has 3 unspecified atom stereocenters. The molecule has 1 amide bonds. The molecule has 2 aliphatic heterocycles. The standard InChI is InChI=1S/C19H23N3O3/c1-12-9-10-22(20-12)15-7-5-13(6-8-15)18(23)21-11-14-3-2-4-16(14)17(21)19(24)25/h5-8,14,16-17H,2-4,9-11H2,1H3,(H,24,25). The Balaban J connectivity index is 1.53. The van der Waals surface area contributed by atoms with Crippen molar-refractivity contribution >= 4 is 23.3 Å². The van der Waals surface area contributed by atoms with Crippen molar-refractivity contribution in [2.45, 2.75) is 38.6 Å². The number of amides is 1. The summed E-state index contributed by atoms with van der Waals surface area (Å²) in [5.41, 5.74) is 2.62. The number of rotatable bonds is 3. The molecule has 1 aromatic carbocycles. The number of hydrazone groups is 1. The fraction of sp³-hybridized carbons (Fsp3) is 0.526. The maximum atomic E-state index is 12.9. The van der Waals surface area contributed by atoms with E-state index in [1.165, 1.54) is 0 Å². The van der Waals surface area contributed by atoms with E-state index in [2.05, 4.69) is 5.10 Å². The van der Waals surface area contributed by atoms with Crippen molar-refractivity contribution in [3.8, 4) is 0 Å². The van der Waals surface area contributed by atoms with Crippen LogP contribution in [0.25, 0.3) is 0 Å². The molecule has 4 rings (SSSR count). The normalized spacial score (nSPS) is 28.2. The first-order chi connectivity index (χ1) is 12.0. The lowest BCUT2D eigenvalue weighted by atomic mass is 9.94. The van der Waals surface area contributed by atoms with E-state index in [0.29, 0.717) is 18.0 Å². The average molecular weight is 341 g/mol. The molecule has 1 aromatic rings. The molecular weight excluding hydrogens is 318 g/mol. The minimum absolute atomic E-state index is 0.114. The zero-order valence-corrected chi connectivity index (χ0v) is 14.4. The number of fused-ring (bicyclic) bond motifs is 1. The summed E-state index contributed by atoms with van der Waals surface area (Å²) in [5, 5.41) is 16.0. The van der Waals surface area contributed by atoms with Gasteiger partial charge in [-0.25, -0.2) is 4.79 Å². The number of anilines is 1. The summed E-state index contributed by atoms with van der Waals surface area (Å²) in [6.07, 6.45) is 3.98. The van der Waals surface area contributed by atoms with Crippen LogP contribution in [0.2, 0.25) is 0 Å². The minimum atomic E-state index is -0.874. The highest BCUT2D eigenvalue weighted by molar-refractivity contribution is 5.97. The molecule has 0 radical (unpaired) electrons. The molecule has 6 nitrogen and oxygen atoms in total. The van der Waals surface area contributed by atoms with Gasteiger partial charge in [0.25, 0.3) is 5.91 Å². The van der Waals surface area contributed by atoms with Gasteiger partial charge in [0.05, 0.1) is 5.69 Å². The highest BCUT2D eigenvalue weighted by atomic mass is 16.4. The van der Waals surface area contributed by atoms with Crippen LogP contribution in [0.3, 0.4) is 0 Å². The second-order valence-electron chi connectivity index (χ2n) is 7.35. The predicted octanol–water partition coefficient (Wildman–Crippen LogP) is 2.60. The van der Waals surface area contributed by atoms with Crippen LogP contribution < -0.4 is 5.01 Å². The van der Waals surface area contributed by atoms with Crippen LogP contribution in [0.15, 0.2) is 29.4 Å². The zero-order chi connectivity index (χ0) is 17.6. The largest absolute Gasteiger partial charge is 0.480 e. The van der Waals surface area contributed by atoms with E-state index < -0.39 is 12.0 Å². The van der Waals surface area contributed by atoms with Gasteiger partial charge in [0.15, 0.2) is 0 Å². The Kier molecular flexibility index (Phi) is 3.98. The van der Waals surface area contributed by atoms with Crippen LogP contribution in [0.5, 0.6) is 0 Å². The van der Waals surface area contributed by atoms with Gasteiger partial charge in [0, 0.05) is 30.8 Å². The molecule has 0 aromatic heterocycles. The van der Waals surface area contributed by atoms with Gasteiger partial charge in [-0.05, 0) is 55.9 Å². The van der Waals surface area contributed by atoms with Gasteiger partial charge in [-0.15, -0.1) is 0 Å². The van der Waals surface area contributed by atoms with Crippen LogP contribution >= 0.6 is 0 Å². The van der Waals surface area contributed by atoms with Gasteiger partial charge in [-0.3, -0.25) is 9.80 Å². The van der Waals surface area contributed by atoms with E-state index in [1.807, 2.05) is 24.1 Å². The summed E-state index contributed by atoms with van der Waals surface area (Å²) < 4.78 is 0. The predicted molar refractivity (Wildman–Crippen MR) is 94.8 cm³/mol. The lowest BCUT2D eigenvalue weighted by Gasteiger charge is -2.24. The lowest BCUT2D eigenvalue weighted by Crippen LogP contribution is -2.43. The SMILES string of the molecule is CC1=NN(c2ccc(C(=O)N3CC4CCCC4C3C(=O)O)cc2)CC1. The number of carboxylic acid groups (broad SMARTS) is 1. The number of carbonyl (C=O) groups excluding carboxylic acids is 1. The van der Waals surface area contributed by atoms with E-state index in [9.17, 15) is 14.7 Å². The summed E-state index contributed by atoms with van der Waals surface area (Å²) >= 11 is 0. The zero-order valence-electron chi connectivity index (χ0n) is 14.4.